The zero-order chi connectivity index (χ0) is 19.8. The van der Waals surface area contributed by atoms with E-state index < -0.39 is 40.0 Å². The van der Waals surface area contributed by atoms with Crippen molar-refractivity contribution in [3.8, 4) is 0 Å². The van der Waals surface area contributed by atoms with Crippen LogP contribution < -0.4 is 0 Å². The molecule has 0 heterocycles. The second kappa shape index (κ2) is 9.96. The number of methoxy groups -OCH3 is 1. The van der Waals surface area contributed by atoms with Crippen LogP contribution in [0.4, 0.5) is 4.79 Å². The zero-order valence-electron chi connectivity index (χ0n) is 15.5. The van der Waals surface area contributed by atoms with Gasteiger partial charge >= 0.3 is 18.1 Å². The Hall–Kier alpha value is -1.35. The molecule has 0 saturated heterocycles. The van der Waals surface area contributed by atoms with Crippen molar-refractivity contribution in [1.29, 1.82) is 0 Å². The fourth-order valence-electron chi connectivity index (χ4n) is 1.98. The molecule has 1 N–H and O–H groups in total. The lowest BCUT2D eigenvalue weighted by molar-refractivity contribution is -0.162. The lowest BCUT2D eigenvalue weighted by atomic mass is 9.83. The van der Waals surface area contributed by atoms with Crippen LogP contribution in [0.25, 0.3) is 0 Å². The van der Waals surface area contributed by atoms with Crippen LogP contribution in [0.1, 0.15) is 41.0 Å². The van der Waals surface area contributed by atoms with E-state index in [1.54, 1.807) is 27.7 Å². The van der Waals surface area contributed by atoms with Crippen LogP contribution in [-0.4, -0.2) is 60.1 Å². The number of rotatable bonds is 9. The largest absolute Gasteiger partial charge is 0.508 e. The normalized spacial score (nSPS) is 16.2. The molecule has 3 atom stereocenters. The smallest absolute Gasteiger partial charge is 0.468 e. The lowest BCUT2D eigenvalue weighted by Crippen LogP contribution is -2.40. The minimum atomic E-state index is -1.03. The third-order valence-electron chi connectivity index (χ3n) is 3.24. The van der Waals surface area contributed by atoms with Gasteiger partial charge in [-0.15, -0.1) is 0 Å². The molecular weight excluding hydrogens is 400 g/mol. The van der Waals surface area contributed by atoms with Crippen molar-refractivity contribution in [3.63, 3.8) is 0 Å². The molecular formula is C16H27BrO8. The van der Waals surface area contributed by atoms with Gasteiger partial charge in [-0.3, -0.25) is 9.59 Å². The Morgan fingerprint density at radius 3 is 2.08 bits per heavy atom. The highest BCUT2D eigenvalue weighted by Crippen LogP contribution is 2.36. The fourth-order valence-corrected chi connectivity index (χ4v) is 2.85. The number of ether oxygens (including phenoxy) is 4. The Morgan fingerprint density at radius 2 is 1.60 bits per heavy atom. The third-order valence-corrected chi connectivity index (χ3v) is 3.84. The number of aliphatic hydroxyl groups is 1. The standard InChI is InChI=1S/C16H27BrO8/c1-10(7-18)25-14(21)23-8-11(2)24-12(19)15(3,4)9-16(5,17)13(20)22-6/h10-11,18H,7-9H2,1-6H3. The summed E-state index contributed by atoms with van der Waals surface area (Å²) in [5.74, 6) is -1.04. The maximum absolute atomic E-state index is 12.3. The molecule has 8 nitrogen and oxygen atoms in total. The van der Waals surface area contributed by atoms with Gasteiger partial charge < -0.3 is 24.1 Å². The Morgan fingerprint density at radius 1 is 1.04 bits per heavy atom. The van der Waals surface area contributed by atoms with Crippen molar-refractivity contribution in [1.82, 2.24) is 0 Å². The molecule has 0 radical (unpaired) electrons. The van der Waals surface area contributed by atoms with Gasteiger partial charge in [-0.1, -0.05) is 15.9 Å². The molecule has 0 aliphatic rings. The minimum absolute atomic E-state index is 0.148. The van der Waals surface area contributed by atoms with Crippen molar-refractivity contribution >= 4 is 34.0 Å². The summed E-state index contributed by atoms with van der Waals surface area (Å²) in [6, 6.07) is 0. The van der Waals surface area contributed by atoms with E-state index in [-0.39, 0.29) is 19.6 Å². The third kappa shape index (κ3) is 8.53. The summed E-state index contributed by atoms with van der Waals surface area (Å²) in [5, 5.41) is 8.78. The maximum atomic E-state index is 12.3. The molecule has 3 unspecified atom stereocenters. The molecule has 25 heavy (non-hydrogen) atoms. The first-order chi connectivity index (χ1) is 11.4. The number of hydrogen-bond acceptors (Lipinski definition) is 8. The predicted molar refractivity (Wildman–Crippen MR) is 92.3 cm³/mol. The Balaban J connectivity index is 4.55. The van der Waals surface area contributed by atoms with Crippen molar-refractivity contribution in [2.24, 2.45) is 5.41 Å². The Bertz CT molecular complexity index is 475. The number of hydrogen-bond donors (Lipinski definition) is 1. The molecule has 9 heteroatoms. The summed E-state index contributed by atoms with van der Waals surface area (Å²) in [7, 11) is 1.27. The first-order valence-electron chi connectivity index (χ1n) is 7.78. The number of alkyl halides is 1. The number of esters is 2. The molecule has 0 aliphatic carbocycles. The van der Waals surface area contributed by atoms with Crippen molar-refractivity contribution in [3.05, 3.63) is 0 Å². The van der Waals surface area contributed by atoms with Crippen LogP contribution in [0.5, 0.6) is 0 Å². The molecule has 0 aromatic carbocycles. The predicted octanol–water partition coefficient (Wildman–Crippen LogP) is 2.20. The summed E-state index contributed by atoms with van der Waals surface area (Å²) in [5.41, 5.74) is -0.980. The van der Waals surface area contributed by atoms with Gasteiger partial charge in [-0.05, 0) is 41.0 Å². The van der Waals surface area contributed by atoms with E-state index in [1.807, 2.05) is 0 Å². The van der Waals surface area contributed by atoms with Gasteiger partial charge in [0.15, 0.2) is 0 Å². The number of carbonyl (C=O) groups excluding carboxylic acids is 3. The van der Waals surface area contributed by atoms with Crippen molar-refractivity contribution in [2.45, 2.75) is 57.6 Å². The molecule has 0 aromatic heterocycles. The zero-order valence-corrected chi connectivity index (χ0v) is 17.0. The van der Waals surface area contributed by atoms with Crippen LogP contribution in [0.2, 0.25) is 0 Å². The van der Waals surface area contributed by atoms with Gasteiger partial charge in [-0.2, -0.15) is 0 Å². The monoisotopic (exact) mass is 426 g/mol. The highest BCUT2D eigenvalue weighted by Gasteiger charge is 2.42. The molecule has 0 rings (SSSR count). The van der Waals surface area contributed by atoms with E-state index in [1.165, 1.54) is 14.0 Å². The fraction of sp³-hybridized carbons (Fsp3) is 0.812. The second-order valence-electron chi connectivity index (χ2n) is 6.64. The van der Waals surface area contributed by atoms with E-state index in [0.29, 0.717) is 0 Å². The van der Waals surface area contributed by atoms with Gasteiger partial charge in [0.05, 0.1) is 19.1 Å². The lowest BCUT2D eigenvalue weighted by Gasteiger charge is -2.30. The van der Waals surface area contributed by atoms with Crippen LogP contribution in [0.3, 0.4) is 0 Å². The molecule has 146 valence electrons. The Kier molecular flexibility index (Phi) is 9.42. The summed E-state index contributed by atoms with van der Waals surface area (Å²) in [6.07, 6.45) is -2.19. The highest BCUT2D eigenvalue weighted by atomic mass is 79.9. The maximum Gasteiger partial charge on any atom is 0.508 e. The average molecular weight is 427 g/mol. The van der Waals surface area contributed by atoms with Crippen LogP contribution >= 0.6 is 15.9 Å². The summed E-state index contributed by atoms with van der Waals surface area (Å²) < 4.78 is 18.5. The molecule has 0 aromatic rings. The molecule has 0 saturated carbocycles. The van der Waals surface area contributed by atoms with E-state index in [4.69, 9.17) is 24.1 Å². The second-order valence-corrected chi connectivity index (χ2v) is 8.39. The van der Waals surface area contributed by atoms with Gasteiger partial charge in [0.2, 0.25) is 0 Å². The van der Waals surface area contributed by atoms with E-state index in [2.05, 4.69) is 15.9 Å². The molecule has 0 fully saturated rings. The average Bonchev–Trinajstić information content (AvgIpc) is 2.50. The number of halogens is 1. The molecule has 0 bridgehead atoms. The molecule has 0 amide bonds. The quantitative estimate of drug-likeness (QED) is 0.339. The molecule has 0 spiro atoms. The first kappa shape index (κ1) is 23.6. The summed E-state index contributed by atoms with van der Waals surface area (Å²) in [6.45, 7) is 7.45. The first-order valence-corrected chi connectivity index (χ1v) is 8.57. The van der Waals surface area contributed by atoms with Gasteiger partial charge in [0.25, 0.3) is 0 Å². The van der Waals surface area contributed by atoms with Gasteiger partial charge in [-0.25, -0.2) is 4.79 Å². The highest BCUT2D eigenvalue weighted by molar-refractivity contribution is 9.10. The number of aliphatic hydroxyl groups excluding tert-OH is 1. The molecule has 0 aliphatic heterocycles. The van der Waals surface area contributed by atoms with Crippen LogP contribution in [-0.2, 0) is 28.5 Å². The van der Waals surface area contributed by atoms with Gasteiger partial charge in [0.1, 0.15) is 23.1 Å². The van der Waals surface area contributed by atoms with E-state index in [0.717, 1.165) is 0 Å². The van der Waals surface area contributed by atoms with E-state index >= 15 is 0 Å². The van der Waals surface area contributed by atoms with Crippen LogP contribution in [0.15, 0.2) is 0 Å². The van der Waals surface area contributed by atoms with Crippen molar-refractivity contribution in [2.75, 3.05) is 20.3 Å². The summed E-state index contributed by atoms with van der Waals surface area (Å²) >= 11 is 3.27. The van der Waals surface area contributed by atoms with Crippen molar-refractivity contribution < 1.29 is 38.4 Å². The summed E-state index contributed by atoms with van der Waals surface area (Å²) in [4.78, 5) is 35.4. The Labute approximate surface area is 156 Å². The van der Waals surface area contributed by atoms with Gasteiger partial charge in [0, 0.05) is 0 Å². The topological polar surface area (TPSA) is 108 Å². The number of carbonyl (C=O) groups is 3. The minimum Gasteiger partial charge on any atom is -0.468 e. The van der Waals surface area contributed by atoms with E-state index in [9.17, 15) is 14.4 Å². The SMILES string of the molecule is COC(=O)C(C)(Br)CC(C)(C)C(=O)OC(C)COC(=O)OC(C)CO. The van der Waals surface area contributed by atoms with Crippen LogP contribution in [0, 0.1) is 5.41 Å².